The number of piperidine rings is 1. The van der Waals surface area contributed by atoms with Gasteiger partial charge >= 0.3 is 5.97 Å². The Morgan fingerprint density at radius 1 is 1.11 bits per heavy atom. The molecule has 0 spiro atoms. The molecular weight excluding hydrogens is 368 g/mol. The zero-order valence-electron chi connectivity index (χ0n) is 15.7. The topological polar surface area (TPSA) is 92.8 Å². The van der Waals surface area contributed by atoms with Gasteiger partial charge in [-0.3, -0.25) is 4.79 Å². The largest absolute Gasteiger partial charge is 0.449 e. The van der Waals surface area contributed by atoms with Crippen LogP contribution in [0, 0.1) is 5.92 Å². The molecule has 1 atom stereocenters. The van der Waals surface area contributed by atoms with E-state index >= 15 is 0 Å². The fourth-order valence-corrected chi connectivity index (χ4v) is 4.44. The Hall–Kier alpha value is -1.93. The second kappa shape index (κ2) is 7.98. The normalized spacial score (nSPS) is 20.1. The van der Waals surface area contributed by atoms with Crippen molar-refractivity contribution in [2.75, 3.05) is 13.1 Å². The third-order valence-corrected chi connectivity index (χ3v) is 6.96. The predicted octanol–water partition coefficient (Wildman–Crippen LogP) is 1.93. The minimum absolute atomic E-state index is 0.160. The number of hydrogen-bond donors (Lipinski definition) is 1. The third kappa shape index (κ3) is 4.87. The van der Waals surface area contributed by atoms with Crippen LogP contribution in [-0.4, -0.2) is 49.8 Å². The Morgan fingerprint density at radius 3 is 2.26 bits per heavy atom. The number of amides is 1. The summed E-state index contributed by atoms with van der Waals surface area (Å²) in [5, 5.41) is 2.78. The number of carbonyl (C=O) groups excluding carboxylic acids is 2. The monoisotopic (exact) mass is 394 g/mol. The number of benzene rings is 1. The van der Waals surface area contributed by atoms with Crippen molar-refractivity contribution in [2.24, 2.45) is 5.92 Å². The molecule has 1 aromatic rings. The zero-order chi connectivity index (χ0) is 19.6. The van der Waals surface area contributed by atoms with E-state index in [2.05, 4.69) is 12.2 Å². The van der Waals surface area contributed by atoms with Crippen molar-refractivity contribution in [2.45, 2.75) is 56.6 Å². The first kappa shape index (κ1) is 19.8. The summed E-state index contributed by atoms with van der Waals surface area (Å²) >= 11 is 0. The number of nitrogens with zero attached hydrogens (tertiary/aromatic N) is 1. The molecule has 148 valence electrons. The van der Waals surface area contributed by atoms with Gasteiger partial charge < -0.3 is 10.1 Å². The van der Waals surface area contributed by atoms with Crippen LogP contribution in [0.3, 0.4) is 0 Å². The van der Waals surface area contributed by atoms with Crippen LogP contribution >= 0.6 is 0 Å². The molecule has 0 unspecified atom stereocenters. The van der Waals surface area contributed by atoms with Gasteiger partial charge in [0.1, 0.15) is 0 Å². The number of rotatable bonds is 6. The maximum absolute atomic E-state index is 12.7. The first-order valence-electron chi connectivity index (χ1n) is 9.39. The lowest BCUT2D eigenvalue weighted by atomic mass is 10.0. The molecule has 7 nitrogen and oxygen atoms in total. The smallest absolute Gasteiger partial charge is 0.338 e. The first-order chi connectivity index (χ1) is 12.8. The molecule has 2 fully saturated rings. The summed E-state index contributed by atoms with van der Waals surface area (Å²) in [6.45, 7) is 4.67. The standard InChI is InChI=1S/C19H26N2O5S/c1-13-9-11-21(12-10-13)27(24,25)17-7-3-15(4-8-17)19(23)26-14(2)18(22)20-16-5-6-16/h3-4,7-8,13-14,16H,5-6,9-12H2,1-2H3,(H,20,22)/t14-/m0/s1. The van der Waals surface area contributed by atoms with Gasteiger partial charge in [-0.2, -0.15) is 4.31 Å². The highest BCUT2D eigenvalue weighted by Gasteiger charge is 2.29. The molecular formula is C19H26N2O5S. The van der Waals surface area contributed by atoms with E-state index in [1.165, 1.54) is 35.5 Å². The summed E-state index contributed by atoms with van der Waals surface area (Å²) in [5.74, 6) is -0.429. The summed E-state index contributed by atoms with van der Waals surface area (Å²) in [6.07, 6.45) is 2.72. The quantitative estimate of drug-likeness (QED) is 0.744. The van der Waals surface area contributed by atoms with Crippen LogP contribution in [-0.2, 0) is 19.6 Å². The van der Waals surface area contributed by atoms with Crippen molar-refractivity contribution in [3.05, 3.63) is 29.8 Å². The Kier molecular flexibility index (Phi) is 5.86. The molecule has 1 heterocycles. The van der Waals surface area contributed by atoms with Crippen molar-refractivity contribution in [1.29, 1.82) is 0 Å². The van der Waals surface area contributed by atoms with Crippen LogP contribution in [0.15, 0.2) is 29.2 Å². The Balaban J connectivity index is 1.62. The van der Waals surface area contributed by atoms with Crippen LogP contribution in [0.4, 0.5) is 0 Å². The van der Waals surface area contributed by atoms with E-state index in [1.807, 2.05) is 0 Å². The molecule has 1 saturated carbocycles. The van der Waals surface area contributed by atoms with Gasteiger partial charge in [-0.25, -0.2) is 13.2 Å². The summed E-state index contributed by atoms with van der Waals surface area (Å²) in [5.41, 5.74) is 0.215. The van der Waals surface area contributed by atoms with E-state index in [-0.39, 0.29) is 22.4 Å². The number of carbonyl (C=O) groups is 2. The van der Waals surface area contributed by atoms with Crippen LogP contribution in [0.5, 0.6) is 0 Å². The predicted molar refractivity (Wildman–Crippen MR) is 99.6 cm³/mol. The maximum Gasteiger partial charge on any atom is 0.338 e. The molecule has 2 aliphatic rings. The molecule has 8 heteroatoms. The number of ether oxygens (including phenoxy) is 1. The van der Waals surface area contributed by atoms with Crippen molar-refractivity contribution in [3.63, 3.8) is 0 Å². The number of esters is 1. The highest BCUT2D eigenvalue weighted by atomic mass is 32.2. The second-order valence-corrected chi connectivity index (χ2v) is 9.38. The van der Waals surface area contributed by atoms with Crippen LogP contribution in [0.25, 0.3) is 0 Å². The highest BCUT2D eigenvalue weighted by Crippen LogP contribution is 2.24. The van der Waals surface area contributed by atoms with E-state index in [0.29, 0.717) is 19.0 Å². The fourth-order valence-electron chi connectivity index (χ4n) is 2.97. The lowest BCUT2D eigenvalue weighted by Gasteiger charge is -2.29. The second-order valence-electron chi connectivity index (χ2n) is 7.44. The molecule has 1 N–H and O–H groups in total. The molecule has 3 rings (SSSR count). The molecule has 27 heavy (non-hydrogen) atoms. The van der Waals surface area contributed by atoms with E-state index in [9.17, 15) is 18.0 Å². The van der Waals surface area contributed by atoms with E-state index in [0.717, 1.165) is 25.7 Å². The van der Waals surface area contributed by atoms with Gasteiger partial charge in [-0.05, 0) is 62.8 Å². The summed E-state index contributed by atoms with van der Waals surface area (Å²) < 4.78 is 32.1. The van der Waals surface area contributed by atoms with Crippen molar-refractivity contribution < 1.29 is 22.7 Å². The van der Waals surface area contributed by atoms with Crippen molar-refractivity contribution >= 4 is 21.9 Å². The molecule has 1 aromatic carbocycles. The third-order valence-electron chi connectivity index (χ3n) is 5.05. The van der Waals surface area contributed by atoms with Gasteiger partial charge in [0.15, 0.2) is 6.10 Å². The highest BCUT2D eigenvalue weighted by molar-refractivity contribution is 7.89. The van der Waals surface area contributed by atoms with Gasteiger partial charge in [-0.1, -0.05) is 6.92 Å². The SMILES string of the molecule is CC1CCN(S(=O)(=O)c2ccc(C(=O)O[C@@H](C)C(=O)NC3CC3)cc2)CC1. The summed E-state index contributed by atoms with van der Waals surface area (Å²) in [4.78, 5) is 24.2. The number of sulfonamides is 1. The Morgan fingerprint density at radius 2 is 1.70 bits per heavy atom. The van der Waals surface area contributed by atoms with Crippen LogP contribution in [0.1, 0.15) is 49.9 Å². The van der Waals surface area contributed by atoms with Crippen molar-refractivity contribution in [3.8, 4) is 0 Å². The Labute approximate surface area is 160 Å². The lowest BCUT2D eigenvalue weighted by molar-refractivity contribution is -0.129. The van der Waals surface area contributed by atoms with E-state index in [1.54, 1.807) is 0 Å². The van der Waals surface area contributed by atoms with Gasteiger partial charge in [0.25, 0.3) is 5.91 Å². The summed E-state index contributed by atoms with van der Waals surface area (Å²) in [7, 11) is -3.55. The first-order valence-corrected chi connectivity index (χ1v) is 10.8. The fraction of sp³-hybridized carbons (Fsp3) is 0.579. The molecule has 1 aliphatic carbocycles. The number of nitrogens with one attached hydrogen (secondary N) is 1. The Bertz CT molecular complexity index is 794. The average Bonchev–Trinajstić information content (AvgIpc) is 3.46. The van der Waals surface area contributed by atoms with Gasteiger partial charge in [0, 0.05) is 19.1 Å². The summed E-state index contributed by atoms with van der Waals surface area (Å²) in [6, 6.07) is 5.87. The molecule has 1 saturated heterocycles. The minimum Gasteiger partial charge on any atom is -0.449 e. The van der Waals surface area contributed by atoms with Gasteiger partial charge in [0.2, 0.25) is 10.0 Å². The molecule has 0 aromatic heterocycles. The average molecular weight is 394 g/mol. The molecule has 0 radical (unpaired) electrons. The lowest BCUT2D eigenvalue weighted by Crippen LogP contribution is -2.38. The van der Waals surface area contributed by atoms with E-state index in [4.69, 9.17) is 4.74 Å². The van der Waals surface area contributed by atoms with E-state index < -0.39 is 22.1 Å². The van der Waals surface area contributed by atoms with Gasteiger partial charge in [0.05, 0.1) is 10.5 Å². The van der Waals surface area contributed by atoms with Crippen LogP contribution < -0.4 is 5.32 Å². The zero-order valence-corrected chi connectivity index (χ0v) is 16.5. The molecule has 1 aliphatic heterocycles. The van der Waals surface area contributed by atoms with Gasteiger partial charge in [-0.15, -0.1) is 0 Å². The minimum atomic E-state index is -3.55. The number of hydrogen-bond acceptors (Lipinski definition) is 5. The maximum atomic E-state index is 12.7. The van der Waals surface area contributed by atoms with Crippen LogP contribution in [0.2, 0.25) is 0 Å². The molecule has 1 amide bonds. The van der Waals surface area contributed by atoms with Crippen molar-refractivity contribution in [1.82, 2.24) is 9.62 Å². The molecule has 0 bridgehead atoms.